The van der Waals surface area contributed by atoms with Gasteiger partial charge in [0.05, 0.1) is 39.0 Å². The lowest BCUT2D eigenvalue weighted by molar-refractivity contribution is 0.482. The molecule has 6 nitrogen and oxygen atoms in total. The predicted molar refractivity (Wildman–Crippen MR) is 252 cm³/mol. The Morgan fingerprint density at radius 3 is 2.11 bits per heavy atom. The molecule has 0 spiro atoms. The zero-order chi connectivity index (χ0) is 41.2. The molecule has 12 rings (SSSR count). The van der Waals surface area contributed by atoms with E-state index in [4.69, 9.17) is 14.7 Å². The second kappa shape index (κ2) is 12.8. The maximum atomic E-state index is 6.90. The second-order valence-corrected chi connectivity index (χ2v) is 17.9. The predicted octanol–water partition coefficient (Wildman–Crippen LogP) is 14.5. The molecule has 0 unspecified atom stereocenters. The number of imidazole rings is 1. The maximum absolute atomic E-state index is 6.90. The molecule has 0 atom stereocenters. The third kappa shape index (κ3) is 5.21. The standard InChI is InChI=1S/C55H43N5O/c1-54(2,3)34-29-30-56-50(31-34)59-46-21-13-10-18-42(46)55(4,5)43-27-24-37(33-49(43)59)61-36-23-25-38-39-26-28-48-51(40-17-9-12-20-45(40)58(48)35-15-7-6-8-16-35)52(39)60-47-22-14-11-19-44(47)57-53(60)41(38)32-36/h6-33H,1-5H3. The van der Waals surface area contributed by atoms with Crippen LogP contribution in [0.15, 0.2) is 170 Å². The molecule has 4 aromatic heterocycles. The summed E-state index contributed by atoms with van der Waals surface area (Å²) in [6.45, 7) is 11.4. The van der Waals surface area contributed by atoms with Crippen molar-refractivity contribution in [3.63, 3.8) is 0 Å². The molecule has 1 aliphatic rings. The molecule has 0 amide bonds. The lowest BCUT2D eigenvalue weighted by atomic mass is 9.73. The van der Waals surface area contributed by atoms with Crippen LogP contribution < -0.4 is 9.64 Å². The summed E-state index contributed by atoms with van der Waals surface area (Å²) in [6.07, 6.45) is 1.93. The van der Waals surface area contributed by atoms with Crippen LogP contribution in [0.5, 0.6) is 11.5 Å². The molecule has 0 N–H and O–H groups in total. The SMILES string of the molecule is CC(C)(C)c1ccnc(N2c3ccccc3C(C)(C)c3ccc(Oc4ccc5c(c4)c4nc6ccccc6n4c4c5ccc5c4c4ccccc4n5-c4ccccc4)cc32)c1. The van der Waals surface area contributed by atoms with Gasteiger partial charge in [-0.2, -0.15) is 0 Å². The van der Waals surface area contributed by atoms with E-state index in [0.29, 0.717) is 0 Å². The van der Waals surface area contributed by atoms with Gasteiger partial charge in [-0.05, 0) is 106 Å². The van der Waals surface area contributed by atoms with E-state index in [0.717, 1.165) is 78.3 Å². The Balaban J connectivity index is 1.06. The normalized spacial score (nSPS) is 13.8. The van der Waals surface area contributed by atoms with Gasteiger partial charge in [0.25, 0.3) is 0 Å². The summed E-state index contributed by atoms with van der Waals surface area (Å²) in [4.78, 5) is 12.6. The fraction of sp³-hybridized carbons (Fsp3) is 0.127. The van der Waals surface area contributed by atoms with Crippen molar-refractivity contribution >= 4 is 77.4 Å². The van der Waals surface area contributed by atoms with Crippen LogP contribution >= 0.6 is 0 Å². The molecule has 6 heteroatoms. The first-order valence-corrected chi connectivity index (χ1v) is 21.1. The zero-order valence-corrected chi connectivity index (χ0v) is 34.8. The Bertz CT molecular complexity index is 3590. The van der Waals surface area contributed by atoms with Crippen molar-refractivity contribution in [3.8, 4) is 17.2 Å². The van der Waals surface area contributed by atoms with E-state index < -0.39 is 0 Å². The highest BCUT2D eigenvalue weighted by Crippen LogP contribution is 2.53. The summed E-state index contributed by atoms with van der Waals surface area (Å²) in [5.74, 6) is 2.39. The van der Waals surface area contributed by atoms with Crippen molar-refractivity contribution in [2.24, 2.45) is 0 Å². The minimum absolute atomic E-state index is 0.0272. The average molecular weight is 790 g/mol. The third-order valence-corrected chi connectivity index (χ3v) is 12.9. The first kappa shape index (κ1) is 35.5. The van der Waals surface area contributed by atoms with E-state index in [1.54, 1.807) is 0 Å². The fourth-order valence-electron chi connectivity index (χ4n) is 9.94. The summed E-state index contributed by atoms with van der Waals surface area (Å²) in [5, 5.41) is 5.74. The number of aromatic nitrogens is 4. The highest BCUT2D eigenvalue weighted by Gasteiger charge is 2.38. The lowest BCUT2D eigenvalue weighted by Crippen LogP contribution is -2.31. The first-order valence-electron chi connectivity index (χ1n) is 21.1. The average Bonchev–Trinajstić information content (AvgIpc) is 3.83. The van der Waals surface area contributed by atoms with Crippen molar-refractivity contribution in [3.05, 3.63) is 187 Å². The fourth-order valence-corrected chi connectivity index (χ4v) is 9.94. The molecule has 0 bridgehead atoms. The number of hydrogen-bond donors (Lipinski definition) is 0. The highest BCUT2D eigenvalue weighted by molar-refractivity contribution is 6.26. The van der Waals surface area contributed by atoms with Crippen molar-refractivity contribution in [1.82, 2.24) is 18.9 Å². The molecule has 7 aromatic carbocycles. The van der Waals surface area contributed by atoms with Crippen LogP contribution in [-0.2, 0) is 10.8 Å². The maximum Gasteiger partial charge on any atom is 0.146 e. The number of nitrogens with zero attached hydrogens (tertiary/aromatic N) is 5. The molecular weight excluding hydrogens is 747 g/mol. The quantitative estimate of drug-likeness (QED) is 0.167. The summed E-state index contributed by atoms with van der Waals surface area (Å²) in [7, 11) is 0. The zero-order valence-electron chi connectivity index (χ0n) is 34.8. The van der Waals surface area contributed by atoms with E-state index in [9.17, 15) is 0 Å². The largest absolute Gasteiger partial charge is 0.457 e. The van der Waals surface area contributed by atoms with Crippen molar-refractivity contribution in [2.75, 3.05) is 4.90 Å². The van der Waals surface area contributed by atoms with E-state index in [2.05, 4.69) is 212 Å². The van der Waals surface area contributed by atoms with Crippen LogP contribution in [0, 0.1) is 0 Å². The summed E-state index contributed by atoms with van der Waals surface area (Å²) in [5.41, 5.74) is 13.2. The first-order chi connectivity index (χ1) is 29.6. The van der Waals surface area contributed by atoms with E-state index in [1.165, 1.54) is 33.0 Å². The number of fused-ring (bicyclic) bond motifs is 14. The van der Waals surface area contributed by atoms with Crippen molar-refractivity contribution in [2.45, 2.75) is 45.4 Å². The summed E-state index contributed by atoms with van der Waals surface area (Å²) >= 11 is 0. The molecule has 0 fully saturated rings. The van der Waals surface area contributed by atoms with Gasteiger partial charge in [0, 0.05) is 44.9 Å². The molecule has 0 saturated heterocycles. The van der Waals surface area contributed by atoms with Gasteiger partial charge in [-0.3, -0.25) is 9.30 Å². The number of hydrogen-bond acceptors (Lipinski definition) is 4. The van der Waals surface area contributed by atoms with Crippen molar-refractivity contribution < 1.29 is 4.74 Å². The Morgan fingerprint density at radius 2 is 1.26 bits per heavy atom. The van der Waals surface area contributed by atoms with Crippen LogP contribution in [0.4, 0.5) is 17.2 Å². The van der Waals surface area contributed by atoms with E-state index in [1.807, 2.05) is 6.20 Å². The number of pyridine rings is 2. The highest BCUT2D eigenvalue weighted by atomic mass is 16.5. The molecule has 294 valence electrons. The smallest absolute Gasteiger partial charge is 0.146 e. The minimum atomic E-state index is -0.236. The third-order valence-electron chi connectivity index (χ3n) is 12.9. The van der Waals surface area contributed by atoms with Gasteiger partial charge in [-0.15, -0.1) is 0 Å². The van der Waals surface area contributed by atoms with Gasteiger partial charge in [-0.25, -0.2) is 9.97 Å². The second-order valence-electron chi connectivity index (χ2n) is 17.9. The van der Waals surface area contributed by atoms with E-state index in [-0.39, 0.29) is 10.8 Å². The van der Waals surface area contributed by atoms with Crippen LogP contribution in [0.25, 0.3) is 65.8 Å². The molecule has 61 heavy (non-hydrogen) atoms. The molecular formula is C55H43N5O. The van der Waals surface area contributed by atoms with Crippen LogP contribution in [-0.4, -0.2) is 18.9 Å². The Labute approximate surface area is 353 Å². The van der Waals surface area contributed by atoms with Gasteiger partial charge in [0.15, 0.2) is 0 Å². The van der Waals surface area contributed by atoms with Crippen LogP contribution in [0.3, 0.4) is 0 Å². The number of anilines is 3. The Kier molecular flexibility index (Phi) is 7.44. The van der Waals surface area contributed by atoms with Crippen LogP contribution in [0.1, 0.15) is 51.3 Å². The van der Waals surface area contributed by atoms with Gasteiger partial charge >= 0.3 is 0 Å². The molecule has 1 aliphatic heterocycles. The molecule has 11 aromatic rings. The number of benzene rings is 7. The Morgan fingerprint density at radius 1 is 0.557 bits per heavy atom. The van der Waals surface area contributed by atoms with Gasteiger partial charge in [-0.1, -0.05) is 113 Å². The number of para-hydroxylation sites is 5. The summed E-state index contributed by atoms with van der Waals surface area (Å²) in [6, 6.07) is 58.5. The van der Waals surface area contributed by atoms with Gasteiger partial charge in [0.1, 0.15) is 23.0 Å². The summed E-state index contributed by atoms with van der Waals surface area (Å²) < 4.78 is 11.7. The lowest BCUT2D eigenvalue weighted by Gasteiger charge is -2.41. The molecule has 0 radical (unpaired) electrons. The number of ether oxygens (including phenoxy) is 1. The van der Waals surface area contributed by atoms with Gasteiger partial charge in [0.2, 0.25) is 0 Å². The van der Waals surface area contributed by atoms with Gasteiger partial charge < -0.3 is 9.30 Å². The van der Waals surface area contributed by atoms with Crippen LogP contribution in [0.2, 0.25) is 0 Å². The molecule has 0 aliphatic carbocycles. The minimum Gasteiger partial charge on any atom is -0.457 e. The monoisotopic (exact) mass is 789 g/mol. The Hall–Kier alpha value is -7.44. The van der Waals surface area contributed by atoms with Crippen molar-refractivity contribution in [1.29, 1.82) is 0 Å². The number of rotatable bonds is 4. The van der Waals surface area contributed by atoms with E-state index >= 15 is 0 Å². The topological polar surface area (TPSA) is 47.6 Å². The molecule has 5 heterocycles. The molecule has 0 saturated carbocycles.